The summed E-state index contributed by atoms with van der Waals surface area (Å²) >= 11 is 8.25. The zero-order valence-electron chi connectivity index (χ0n) is 9.97. The average molecular weight is 268 g/mol. The highest BCUT2D eigenvalue weighted by molar-refractivity contribution is 7.99. The minimum Gasteiger partial charge on any atom is -0.382 e. The maximum atomic E-state index is 6.27. The molecule has 0 saturated heterocycles. The van der Waals surface area contributed by atoms with Crippen LogP contribution in [0.1, 0.15) is 32.1 Å². The van der Waals surface area contributed by atoms with E-state index in [4.69, 9.17) is 11.6 Å². The van der Waals surface area contributed by atoms with Crippen molar-refractivity contribution in [3.05, 3.63) is 23.2 Å². The van der Waals surface area contributed by atoms with Crippen molar-refractivity contribution in [2.24, 2.45) is 5.41 Å². The predicted molar refractivity (Wildman–Crippen MR) is 76.2 cm³/mol. The van der Waals surface area contributed by atoms with E-state index in [0.717, 1.165) is 17.3 Å². The molecule has 0 atom stereocenters. The van der Waals surface area contributed by atoms with Crippen LogP contribution in [-0.4, -0.2) is 12.3 Å². The van der Waals surface area contributed by atoms with Gasteiger partial charge in [-0.3, -0.25) is 0 Å². The number of hydrogen-bond acceptors (Lipinski definition) is 2. The van der Waals surface area contributed by atoms with Crippen LogP contribution in [0, 0.1) is 5.41 Å². The largest absolute Gasteiger partial charge is 0.382 e. The highest BCUT2D eigenvalue weighted by atomic mass is 35.5. The molecule has 3 rings (SSSR count). The highest BCUT2D eigenvalue weighted by Crippen LogP contribution is 2.46. The first-order chi connectivity index (χ1) is 8.29. The SMILES string of the molecule is Clc1cccc2c1NCC1(CCCCC1)CS2. The number of hydrogen-bond donors (Lipinski definition) is 1. The van der Waals surface area contributed by atoms with Crippen molar-refractivity contribution in [2.75, 3.05) is 17.6 Å². The lowest BCUT2D eigenvalue weighted by molar-refractivity contribution is 0.241. The number of anilines is 1. The topological polar surface area (TPSA) is 12.0 Å². The summed E-state index contributed by atoms with van der Waals surface area (Å²) in [4.78, 5) is 1.32. The zero-order chi connectivity index (χ0) is 11.7. The third kappa shape index (κ3) is 2.30. The van der Waals surface area contributed by atoms with Crippen LogP contribution in [0.15, 0.2) is 23.1 Å². The van der Waals surface area contributed by atoms with E-state index in [-0.39, 0.29) is 0 Å². The van der Waals surface area contributed by atoms with Crippen molar-refractivity contribution >= 4 is 29.1 Å². The molecule has 1 fully saturated rings. The molecule has 0 aromatic heterocycles. The summed E-state index contributed by atoms with van der Waals surface area (Å²) in [5.74, 6) is 1.24. The Bertz CT molecular complexity index is 413. The average Bonchev–Trinajstić information content (AvgIpc) is 2.53. The summed E-state index contributed by atoms with van der Waals surface area (Å²) in [7, 11) is 0. The van der Waals surface area contributed by atoms with Gasteiger partial charge in [0.1, 0.15) is 0 Å². The van der Waals surface area contributed by atoms with Crippen LogP contribution in [0.4, 0.5) is 5.69 Å². The summed E-state index contributed by atoms with van der Waals surface area (Å²) in [6, 6.07) is 6.21. The first kappa shape index (κ1) is 11.7. The molecule has 0 unspecified atom stereocenters. The van der Waals surface area contributed by atoms with Gasteiger partial charge in [0, 0.05) is 17.2 Å². The Morgan fingerprint density at radius 3 is 2.82 bits per heavy atom. The number of para-hydroxylation sites is 1. The number of fused-ring (bicyclic) bond motifs is 1. The molecule has 1 spiro atoms. The van der Waals surface area contributed by atoms with Gasteiger partial charge in [-0.25, -0.2) is 0 Å². The molecule has 3 heteroatoms. The number of thioether (sulfide) groups is 1. The van der Waals surface area contributed by atoms with Gasteiger partial charge >= 0.3 is 0 Å². The molecule has 0 amide bonds. The van der Waals surface area contributed by atoms with Gasteiger partial charge in [-0.1, -0.05) is 36.9 Å². The zero-order valence-corrected chi connectivity index (χ0v) is 11.5. The predicted octanol–water partition coefficient (Wildman–Crippen LogP) is 4.81. The van der Waals surface area contributed by atoms with E-state index in [0.29, 0.717) is 5.41 Å². The van der Waals surface area contributed by atoms with Crippen LogP contribution >= 0.6 is 23.4 Å². The van der Waals surface area contributed by atoms with Crippen LogP contribution in [0.5, 0.6) is 0 Å². The Balaban J connectivity index is 1.85. The van der Waals surface area contributed by atoms with Crippen LogP contribution in [-0.2, 0) is 0 Å². The monoisotopic (exact) mass is 267 g/mol. The normalized spacial score (nSPS) is 22.6. The fourth-order valence-electron chi connectivity index (χ4n) is 2.98. The van der Waals surface area contributed by atoms with E-state index in [1.807, 2.05) is 17.8 Å². The van der Waals surface area contributed by atoms with Crippen molar-refractivity contribution in [2.45, 2.75) is 37.0 Å². The van der Waals surface area contributed by atoms with Gasteiger partial charge in [-0.2, -0.15) is 0 Å². The van der Waals surface area contributed by atoms with E-state index in [1.165, 1.54) is 42.8 Å². The standard InChI is InChI=1S/C14H18ClNS/c15-11-5-4-6-12-13(11)16-9-14(10-17-12)7-2-1-3-8-14/h4-6,16H,1-3,7-10H2. The summed E-state index contributed by atoms with van der Waals surface area (Å²) in [5.41, 5.74) is 1.66. The molecule has 17 heavy (non-hydrogen) atoms. The highest BCUT2D eigenvalue weighted by Gasteiger charge is 2.34. The molecule has 0 bridgehead atoms. The molecule has 1 nitrogen and oxygen atoms in total. The van der Waals surface area contributed by atoms with Gasteiger partial charge in [0.2, 0.25) is 0 Å². The smallest absolute Gasteiger partial charge is 0.0667 e. The van der Waals surface area contributed by atoms with Crippen LogP contribution in [0.2, 0.25) is 5.02 Å². The number of halogens is 1. The minimum absolute atomic E-state index is 0.505. The lowest BCUT2D eigenvalue weighted by Crippen LogP contribution is -2.33. The summed E-state index contributed by atoms with van der Waals surface area (Å²) in [5, 5.41) is 4.46. The van der Waals surface area contributed by atoms with Gasteiger partial charge in [0.25, 0.3) is 0 Å². The molecule has 92 valence electrons. The van der Waals surface area contributed by atoms with Gasteiger partial charge in [-0.15, -0.1) is 11.8 Å². The maximum absolute atomic E-state index is 6.27. The van der Waals surface area contributed by atoms with Crippen LogP contribution in [0.3, 0.4) is 0 Å². The van der Waals surface area contributed by atoms with E-state index in [2.05, 4.69) is 17.4 Å². The second kappa shape index (κ2) is 4.74. The quantitative estimate of drug-likeness (QED) is 0.724. The number of rotatable bonds is 0. The number of benzene rings is 1. The Labute approximate surface area is 112 Å². The molecule has 1 aliphatic carbocycles. The van der Waals surface area contributed by atoms with Crippen molar-refractivity contribution in [3.63, 3.8) is 0 Å². The maximum Gasteiger partial charge on any atom is 0.0667 e. The summed E-state index contributed by atoms with van der Waals surface area (Å²) in [6.45, 7) is 1.09. The minimum atomic E-state index is 0.505. The van der Waals surface area contributed by atoms with Crippen molar-refractivity contribution < 1.29 is 0 Å². The van der Waals surface area contributed by atoms with Crippen LogP contribution < -0.4 is 5.32 Å². The van der Waals surface area contributed by atoms with Gasteiger partial charge < -0.3 is 5.32 Å². The van der Waals surface area contributed by atoms with E-state index in [1.54, 1.807) is 0 Å². The fourth-order valence-corrected chi connectivity index (χ4v) is 4.63. The second-order valence-electron chi connectivity index (χ2n) is 5.32. The molecule has 2 aliphatic rings. The van der Waals surface area contributed by atoms with Gasteiger partial charge in [0.15, 0.2) is 0 Å². The Kier molecular flexibility index (Phi) is 3.27. The van der Waals surface area contributed by atoms with Gasteiger partial charge in [-0.05, 0) is 30.4 Å². The van der Waals surface area contributed by atoms with E-state index < -0.39 is 0 Å². The third-order valence-corrected chi connectivity index (χ3v) is 5.79. The molecule has 0 radical (unpaired) electrons. The van der Waals surface area contributed by atoms with E-state index >= 15 is 0 Å². The van der Waals surface area contributed by atoms with Crippen molar-refractivity contribution in [1.29, 1.82) is 0 Å². The Morgan fingerprint density at radius 2 is 2.00 bits per heavy atom. The molecular weight excluding hydrogens is 250 g/mol. The molecule has 1 aromatic carbocycles. The van der Waals surface area contributed by atoms with Gasteiger partial charge in [0.05, 0.1) is 10.7 Å². The lowest BCUT2D eigenvalue weighted by Gasteiger charge is -2.36. The molecule has 1 N–H and O–H groups in total. The summed E-state index contributed by atoms with van der Waals surface area (Å²) in [6.07, 6.45) is 6.95. The molecule has 1 saturated carbocycles. The lowest BCUT2D eigenvalue weighted by atomic mass is 9.75. The van der Waals surface area contributed by atoms with Crippen molar-refractivity contribution in [1.82, 2.24) is 0 Å². The fraction of sp³-hybridized carbons (Fsp3) is 0.571. The Hall–Kier alpha value is -0.340. The number of nitrogens with one attached hydrogen (secondary N) is 1. The van der Waals surface area contributed by atoms with E-state index in [9.17, 15) is 0 Å². The molecule has 1 heterocycles. The summed E-state index contributed by atoms with van der Waals surface area (Å²) < 4.78 is 0. The Morgan fingerprint density at radius 1 is 1.18 bits per heavy atom. The molecular formula is C14H18ClNS. The molecule has 1 aromatic rings. The first-order valence-electron chi connectivity index (χ1n) is 6.44. The first-order valence-corrected chi connectivity index (χ1v) is 7.81. The molecule has 1 aliphatic heterocycles. The third-order valence-electron chi connectivity index (χ3n) is 4.06. The van der Waals surface area contributed by atoms with Crippen LogP contribution in [0.25, 0.3) is 0 Å². The second-order valence-corrected chi connectivity index (χ2v) is 6.74. The van der Waals surface area contributed by atoms with Crippen molar-refractivity contribution in [3.8, 4) is 0 Å².